The number of aryl methyl sites for hydroxylation is 2. The fourth-order valence-corrected chi connectivity index (χ4v) is 7.92. The lowest BCUT2D eigenvalue weighted by Crippen LogP contribution is -3.00. The van der Waals surface area contributed by atoms with Gasteiger partial charge >= 0.3 is 5.97 Å². The van der Waals surface area contributed by atoms with E-state index in [9.17, 15) is 38.4 Å². The summed E-state index contributed by atoms with van der Waals surface area (Å²) in [5.74, 6) is -3.64. The maximum Gasteiger partial charge on any atom is 0.308 e. The molecule has 2 aromatic heterocycles. The van der Waals surface area contributed by atoms with E-state index in [1.165, 1.54) is 20.3 Å². The van der Waals surface area contributed by atoms with Crippen molar-refractivity contribution in [2.24, 2.45) is 17.6 Å². The summed E-state index contributed by atoms with van der Waals surface area (Å²) < 4.78 is 19.9. The molecule has 0 aliphatic rings. The van der Waals surface area contributed by atoms with Gasteiger partial charge in [0.15, 0.2) is 0 Å². The molecule has 1 aromatic carbocycles. The molecular weight excluding hydrogens is 1150 g/mol. The summed E-state index contributed by atoms with van der Waals surface area (Å²) in [6.45, 7) is 24.5. The molecule has 0 bridgehead atoms. The van der Waals surface area contributed by atoms with Gasteiger partial charge in [-0.2, -0.15) is 0 Å². The SMILES string of the molecule is CCCNCCN.CCCc1cn(CCOCCNC(=O)[C@H](CC(=O)NCCNCC[NH3+])NC(=O)[C@@H](CC(C)C)NC(C)=O)nn1.CCCc1cn(CCOCCNC(=O)[C@H](CC(=O)OCc2ccccc2)NC(=O)[C@@H](CC(C)C)NC(C)=O)nn1.[Cl-]. The third-order valence-corrected chi connectivity index (χ3v) is 12.0. The zero-order chi connectivity index (χ0) is 63.9. The number of aromatic nitrogens is 6. The number of nitrogens with one attached hydrogen (secondary N) is 9. The van der Waals surface area contributed by atoms with Crippen LogP contribution in [0.1, 0.15) is 124 Å². The van der Waals surface area contributed by atoms with E-state index in [1.54, 1.807) is 9.36 Å². The Labute approximate surface area is 520 Å². The van der Waals surface area contributed by atoms with Crippen molar-refractivity contribution in [2.45, 2.75) is 164 Å². The summed E-state index contributed by atoms with van der Waals surface area (Å²) in [6.07, 6.45) is 8.85. The van der Waals surface area contributed by atoms with Gasteiger partial charge in [0.1, 0.15) is 30.8 Å². The minimum Gasteiger partial charge on any atom is -1.00 e. The van der Waals surface area contributed by atoms with Gasteiger partial charge in [0.25, 0.3) is 0 Å². The number of ether oxygens (including phenoxy) is 3. The highest BCUT2D eigenvalue weighted by atomic mass is 35.5. The van der Waals surface area contributed by atoms with Crippen molar-refractivity contribution in [3.8, 4) is 0 Å². The molecule has 0 aliphatic carbocycles. The Morgan fingerprint density at radius 2 is 1.05 bits per heavy atom. The number of nitrogens with two attached hydrogens (primary N) is 1. The smallest absolute Gasteiger partial charge is 0.308 e. The van der Waals surface area contributed by atoms with E-state index >= 15 is 0 Å². The molecule has 0 unspecified atom stereocenters. The lowest BCUT2D eigenvalue weighted by molar-refractivity contribution is -0.365. The molecule has 28 nitrogen and oxygen atoms in total. The van der Waals surface area contributed by atoms with Crippen molar-refractivity contribution >= 4 is 47.3 Å². The number of carbonyl (C=O) groups excluding carboxylic acids is 8. The van der Waals surface area contributed by atoms with Gasteiger partial charge in [0.2, 0.25) is 41.4 Å². The Balaban J connectivity index is 0.00000151. The van der Waals surface area contributed by atoms with Crippen LogP contribution in [0, 0.1) is 11.8 Å². The number of nitrogens with zero attached hydrogens (tertiary/aromatic N) is 6. The van der Waals surface area contributed by atoms with Gasteiger partial charge in [0, 0.05) is 72.1 Å². The number of esters is 1. The van der Waals surface area contributed by atoms with Gasteiger partial charge in [-0.1, -0.05) is 102 Å². The van der Waals surface area contributed by atoms with Crippen LogP contribution in [0.5, 0.6) is 0 Å². The van der Waals surface area contributed by atoms with Crippen LogP contribution in [0.25, 0.3) is 0 Å². The van der Waals surface area contributed by atoms with Crippen molar-refractivity contribution in [2.75, 3.05) is 85.3 Å². The van der Waals surface area contributed by atoms with E-state index in [0.29, 0.717) is 52.2 Å². The van der Waals surface area contributed by atoms with Gasteiger partial charge in [-0.05, 0) is 56.0 Å². The molecule has 87 heavy (non-hydrogen) atoms. The second-order valence-electron chi connectivity index (χ2n) is 21.2. The summed E-state index contributed by atoms with van der Waals surface area (Å²) in [4.78, 5) is 100. The minimum atomic E-state index is -1.19. The van der Waals surface area contributed by atoms with Crippen LogP contribution in [0.3, 0.4) is 0 Å². The van der Waals surface area contributed by atoms with Gasteiger partial charge in [-0.25, -0.2) is 9.36 Å². The first-order valence-corrected chi connectivity index (χ1v) is 30.3. The molecule has 29 heteroatoms. The highest BCUT2D eigenvalue weighted by molar-refractivity contribution is 5.95. The second-order valence-corrected chi connectivity index (χ2v) is 21.2. The topological polar surface area (TPSA) is 388 Å². The molecule has 0 saturated heterocycles. The first-order chi connectivity index (χ1) is 41.2. The van der Waals surface area contributed by atoms with E-state index in [4.69, 9.17) is 19.9 Å². The van der Waals surface area contributed by atoms with Gasteiger partial charge in [0.05, 0.1) is 70.3 Å². The molecule has 14 N–H and O–H groups in total. The Morgan fingerprint density at radius 3 is 1.48 bits per heavy atom. The fraction of sp³-hybridized carbons (Fsp3) is 0.690. The molecule has 494 valence electrons. The van der Waals surface area contributed by atoms with Crippen LogP contribution in [-0.2, 0) is 85.1 Å². The van der Waals surface area contributed by atoms with Gasteiger partial charge in [-0.15, -0.1) is 10.2 Å². The zero-order valence-corrected chi connectivity index (χ0v) is 53.8. The third-order valence-electron chi connectivity index (χ3n) is 12.0. The quantitative estimate of drug-likeness (QED) is 0.0191. The van der Waals surface area contributed by atoms with Crippen LogP contribution in [-0.4, -0.2) is 187 Å². The summed E-state index contributed by atoms with van der Waals surface area (Å²) in [5.41, 5.74) is 11.6. The number of amides is 7. The molecule has 2 heterocycles. The van der Waals surface area contributed by atoms with Crippen molar-refractivity contribution < 1.29 is 70.7 Å². The Kier molecular flexibility index (Phi) is 46.5. The molecular formula is C58H104ClN17O11. The van der Waals surface area contributed by atoms with Crippen LogP contribution < -0.4 is 71.7 Å². The van der Waals surface area contributed by atoms with Crippen LogP contribution in [0.15, 0.2) is 42.7 Å². The van der Waals surface area contributed by atoms with Crippen molar-refractivity contribution in [1.29, 1.82) is 0 Å². The van der Waals surface area contributed by atoms with E-state index in [0.717, 1.165) is 75.4 Å². The van der Waals surface area contributed by atoms with E-state index < -0.39 is 53.8 Å². The van der Waals surface area contributed by atoms with E-state index in [2.05, 4.69) is 95.0 Å². The standard InChI is InChI=1S/C28H42N6O6.C25H47N9O5.C5H14N2.ClH/c1-5-9-23-18-34(33-32-23)13-15-39-14-12-29-27(37)25(17-26(36)40-19-22-10-7-6-8-11-22)31-28(38)24(16-20(2)3)30-21(4)35;1-5-6-20-17-34(33-32-20)12-14-39-13-11-29-24(37)22(16-23(36)28-10-9-27-8-7-26)31-25(38)21(15-18(2)3)30-19(4)35;1-2-4-7-5-3-6;/h6-8,10-11,18,20,24-25H,5,9,12-17,19H2,1-4H3,(H,29,37)(H,30,35)(H,31,38);17-18,21-22,27H,5-16,26H2,1-4H3,(H,28,36)(H,29,37)(H,30,35)(H,31,38);7H,2-6H2,1H3;1H/t24-,25+;21-,22+;;/m11../s1. The number of quaternary nitrogens is 1. The van der Waals surface area contributed by atoms with E-state index in [-0.39, 0.29) is 87.7 Å². The largest absolute Gasteiger partial charge is 1.00 e. The summed E-state index contributed by atoms with van der Waals surface area (Å²) in [6, 6.07) is 5.18. The summed E-state index contributed by atoms with van der Waals surface area (Å²) in [7, 11) is 0. The Hall–Kier alpha value is -6.69. The number of halogens is 1. The normalized spacial score (nSPS) is 12.1. The second kappa shape index (κ2) is 50.3. The van der Waals surface area contributed by atoms with Gasteiger partial charge < -0.3 is 85.9 Å². The monoisotopic (exact) mass is 1250 g/mol. The molecule has 0 aliphatic heterocycles. The lowest BCUT2D eigenvalue weighted by Gasteiger charge is -2.23. The zero-order valence-electron chi connectivity index (χ0n) is 53.0. The van der Waals surface area contributed by atoms with Crippen LogP contribution in [0.2, 0.25) is 0 Å². The Bertz CT molecular complexity index is 2360. The average Bonchev–Trinajstić information content (AvgIpc) is 4.28. The maximum absolute atomic E-state index is 13.0. The third kappa shape index (κ3) is 41.2. The van der Waals surface area contributed by atoms with Crippen LogP contribution in [0.4, 0.5) is 0 Å². The predicted molar refractivity (Wildman–Crippen MR) is 325 cm³/mol. The minimum absolute atomic E-state index is 0. The van der Waals surface area contributed by atoms with Gasteiger partial charge in [-0.3, -0.25) is 38.4 Å². The van der Waals surface area contributed by atoms with E-state index in [1.807, 2.05) is 70.4 Å². The highest BCUT2D eigenvalue weighted by Gasteiger charge is 2.30. The molecule has 0 spiro atoms. The predicted octanol–water partition coefficient (Wildman–Crippen LogP) is -3.78. The number of hydrogen-bond acceptors (Lipinski definition) is 18. The number of carbonyl (C=O) groups is 8. The van der Waals surface area contributed by atoms with Crippen molar-refractivity contribution in [1.82, 2.24) is 77.8 Å². The molecule has 3 aromatic rings. The number of hydrogen-bond donors (Lipinski definition) is 11. The molecule has 0 saturated carbocycles. The molecule has 3 rings (SSSR count). The number of benzene rings is 1. The number of rotatable bonds is 43. The first-order valence-electron chi connectivity index (χ1n) is 30.3. The molecule has 4 atom stereocenters. The molecule has 7 amide bonds. The summed E-state index contributed by atoms with van der Waals surface area (Å²) in [5, 5.41) is 41.2. The lowest BCUT2D eigenvalue weighted by atomic mass is 10.0. The average molecular weight is 1250 g/mol. The van der Waals surface area contributed by atoms with Crippen LogP contribution >= 0.6 is 0 Å². The maximum atomic E-state index is 13.0. The summed E-state index contributed by atoms with van der Waals surface area (Å²) >= 11 is 0. The first kappa shape index (κ1) is 80.3. The molecule has 0 radical (unpaired) electrons. The molecule has 0 fully saturated rings. The van der Waals surface area contributed by atoms with Crippen molar-refractivity contribution in [3.05, 3.63) is 59.7 Å². The highest BCUT2D eigenvalue weighted by Crippen LogP contribution is 2.09. The van der Waals surface area contributed by atoms with Crippen molar-refractivity contribution in [3.63, 3.8) is 0 Å². The fourth-order valence-electron chi connectivity index (χ4n) is 7.92. The Morgan fingerprint density at radius 1 is 0.563 bits per heavy atom.